The van der Waals surface area contributed by atoms with E-state index >= 15 is 0 Å². The van der Waals surface area contributed by atoms with Gasteiger partial charge >= 0.3 is 0 Å². The number of rotatable bonds is 5. The average Bonchev–Trinajstić information content (AvgIpc) is 3.26. The van der Waals surface area contributed by atoms with E-state index in [-0.39, 0.29) is 17.6 Å². The van der Waals surface area contributed by atoms with Crippen LogP contribution in [0.1, 0.15) is 46.6 Å². The van der Waals surface area contributed by atoms with Gasteiger partial charge in [0, 0.05) is 24.8 Å². The number of nitrogens with zero attached hydrogens (tertiary/aromatic N) is 1. The molecule has 5 nitrogen and oxygen atoms in total. The van der Waals surface area contributed by atoms with Gasteiger partial charge in [-0.25, -0.2) is 0 Å². The number of nitrogens with one attached hydrogen (secondary N) is 1. The quantitative estimate of drug-likeness (QED) is 0.794. The van der Waals surface area contributed by atoms with Crippen molar-refractivity contribution in [2.24, 2.45) is 5.92 Å². The Kier molecular flexibility index (Phi) is 5.58. The summed E-state index contributed by atoms with van der Waals surface area (Å²) in [4.78, 5) is 26.6. The van der Waals surface area contributed by atoms with Gasteiger partial charge in [-0.15, -0.1) is 0 Å². The van der Waals surface area contributed by atoms with E-state index in [2.05, 4.69) is 21.2 Å². The van der Waals surface area contributed by atoms with Gasteiger partial charge in [0.05, 0.1) is 0 Å². The van der Waals surface area contributed by atoms with Crippen molar-refractivity contribution >= 4 is 33.4 Å². The molecule has 0 aliphatic heterocycles. The number of anilines is 1. The molecule has 0 bridgehead atoms. The predicted octanol–water partition coefficient (Wildman–Crippen LogP) is 4.56. The van der Waals surface area contributed by atoms with Crippen molar-refractivity contribution in [3.8, 4) is 0 Å². The summed E-state index contributed by atoms with van der Waals surface area (Å²) in [5.74, 6) is 0.439. The first-order valence-electron chi connectivity index (χ1n) is 8.45. The van der Waals surface area contributed by atoms with E-state index in [1.807, 2.05) is 7.05 Å². The van der Waals surface area contributed by atoms with Crippen LogP contribution in [0.5, 0.6) is 0 Å². The first-order chi connectivity index (χ1) is 12.0. The van der Waals surface area contributed by atoms with E-state index in [0.717, 1.165) is 6.54 Å². The molecule has 0 unspecified atom stereocenters. The SMILES string of the molecule is CN(CC1CCCC1)C(=O)c1cccc(NC(=O)c2ccc(Br)o2)c1. The fraction of sp³-hybridized carbons (Fsp3) is 0.368. The number of carbonyl (C=O) groups is 2. The van der Waals surface area contributed by atoms with Crippen molar-refractivity contribution in [1.29, 1.82) is 0 Å². The Morgan fingerprint density at radius 1 is 1.24 bits per heavy atom. The summed E-state index contributed by atoms with van der Waals surface area (Å²) in [6.45, 7) is 0.788. The van der Waals surface area contributed by atoms with Crippen LogP contribution in [0.3, 0.4) is 0 Å². The Hall–Kier alpha value is -2.08. The summed E-state index contributed by atoms with van der Waals surface area (Å²) < 4.78 is 5.73. The summed E-state index contributed by atoms with van der Waals surface area (Å²) in [7, 11) is 1.84. The molecule has 0 radical (unpaired) electrons. The lowest BCUT2D eigenvalue weighted by atomic mass is 10.1. The van der Waals surface area contributed by atoms with Crippen LogP contribution in [-0.2, 0) is 0 Å². The van der Waals surface area contributed by atoms with Gasteiger partial charge in [-0.05, 0) is 65.0 Å². The fourth-order valence-electron chi connectivity index (χ4n) is 3.24. The molecule has 1 saturated carbocycles. The van der Waals surface area contributed by atoms with Gasteiger partial charge in [0.2, 0.25) is 0 Å². The van der Waals surface area contributed by atoms with Crippen molar-refractivity contribution in [1.82, 2.24) is 4.90 Å². The summed E-state index contributed by atoms with van der Waals surface area (Å²) in [5.41, 5.74) is 1.14. The van der Waals surface area contributed by atoms with Crippen LogP contribution in [0.2, 0.25) is 0 Å². The molecule has 2 aromatic rings. The normalized spacial score (nSPS) is 14.5. The standard InChI is InChI=1S/C19H21BrN2O3/c1-22(12-13-5-2-3-6-13)19(24)14-7-4-8-15(11-14)21-18(23)16-9-10-17(20)25-16/h4,7-11,13H,2-3,5-6,12H2,1H3,(H,21,23). The molecule has 1 aromatic heterocycles. The highest BCUT2D eigenvalue weighted by atomic mass is 79.9. The maximum absolute atomic E-state index is 12.6. The number of amides is 2. The predicted molar refractivity (Wildman–Crippen MR) is 99.7 cm³/mol. The number of benzene rings is 1. The molecule has 132 valence electrons. The Balaban J connectivity index is 1.65. The zero-order chi connectivity index (χ0) is 17.8. The van der Waals surface area contributed by atoms with Crippen molar-refractivity contribution in [2.45, 2.75) is 25.7 Å². The Morgan fingerprint density at radius 3 is 2.68 bits per heavy atom. The molecule has 0 saturated heterocycles. The first-order valence-corrected chi connectivity index (χ1v) is 9.24. The fourth-order valence-corrected chi connectivity index (χ4v) is 3.55. The molecule has 1 aliphatic carbocycles. The first kappa shape index (κ1) is 17.7. The van der Waals surface area contributed by atoms with Crippen LogP contribution < -0.4 is 5.32 Å². The molecule has 1 N–H and O–H groups in total. The highest BCUT2D eigenvalue weighted by Crippen LogP contribution is 2.25. The van der Waals surface area contributed by atoms with Gasteiger partial charge in [0.25, 0.3) is 11.8 Å². The summed E-state index contributed by atoms with van der Waals surface area (Å²) >= 11 is 3.17. The molecule has 0 atom stereocenters. The minimum Gasteiger partial charge on any atom is -0.444 e. The molecule has 0 spiro atoms. The van der Waals surface area contributed by atoms with Crippen LogP contribution in [0.4, 0.5) is 5.69 Å². The van der Waals surface area contributed by atoms with E-state index in [1.54, 1.807) is 41.3 Å². The van der Waals surface area contributed by atoms with Gasteiger partial charge in [0.1, 0.15) is 0 Å². The second kappa shape index (κ2) is 7.87. The molecule has 6 heteroatoms. The lowest BCUT2D eigenvalue weighted by Gasteiger charge is -2.21. The number of furan rings is 1. The van der Waals surface area contributed by atoms with E-state index in [4.69, 9.17) is 4.42 Å². The minimum atomic E-state index is -0.352. The minimum absolute atomic E-state index is 0.0243. The van der Waals surface area contributed by atoms with Gasteiger partial charge in [-0.2, -0.15) is 0 Å². The molecular formula is C19H21BrN2O3. The monoisotopic (exact) mass is 404 g/mol. The zero-order valence-corrected chi connectivity index (χ0v) is 15.7. The van der Waals surface area contributed by atoms with Crippen molar-refractivity contribution in [2.75, 3.05) is 18.9 Å². The van der Waals surface area contributed by atoms with Crippen molar-refractivity contribution in [3.63, 3.8) is 0 Å². The number of hydrogen-bond acceptors (Lipinski definition) is 3. The van der Waals surface area contributed by atoms with Crippen LogP contribution in [-0.4, -0.2) is 30.3 Å². The third-order valence-corrected chi connectivity index (χ3v) is 4.94. The van der Waals surface area contributed by atoms with Crippen LogP contribution in [0.15, 0.2) is 45.5 Å². The zero-order valence-electron chi connectivity index (χ0n) is 14.1. The maximum Gasteiger partial charge on any atom is 0.291 e. The second-order valence-electron chi connectivity index (χ2n) is 6.47. The van der Waals surface area contributed by atoms with Gasteiger partial charge in [0.15, 0.2) is 10.4 Å². The van der Waals surface area contributed by atoms with Crippen LogP contribution in [0.25, 0.3) is 0 Å². The third kappa shape index (κ3) is 4.51. The smallest absolute Gasteiger partial charge is 0.291 e. The van der Waals surface area contributed by atoms with Gasteiger partial charge in [-0.3, -0.25) is 9.59 Å². The van der Waals surface area contributed by atoms with Crippen molar-refractivity contribution < 1.29 is 14.0 Å². The van der Waals surface area contributed by atoms with E-state index in [0.29, 0.717) is 21.8 Å². The van der Waals surface area contributed by atoms with Crippen LogP contribution in [0, 0.1) is 5.92 Å². The lowest BCUT2D eigenvalue weighted by molar-refractivity contribution is 0.0773. The third-order valence-electron chi connectivity index (χ3n) is 4.52. The summed E-state index contributed by atoms with van der Waals surface area (Å²) in [6.07, 6.45) is 4.92. The molecule has 1 aromatic carbocycles. The lowest BCUT2D eigenvalue weighted by Crippen LogP contribution is -2.31. The Morgan fingerprint density at radius 2 is 2.00 bits per heavy atom. The van der Waals surface area contributed by atoms with Crippen LogP contribution >= 0.6 is 15.9 Å². The van der Waals surface area contributed by atoms with E-state index in [1.165, 1.54) is 25.7 Å². The van der Waals surface area contributed by atoms with E-state index < -0.39 is 0 Å². The summed E-state index contributed by atoms with van der Waals surface area (Å²) in [6, 6.07) is 10.2. The number of hydrogen-bond donors (Lipinski definition) is 1. The maximum atomic E-state index is 12.6. The molecule has 1 aliphatic rings. The summed E-state index contributed by atoms with van der Waals surface area (Å²) in [5, 5.41) is 2.75. The van der Waals surface area contributed by atoms with E-state index in [9.17, 15) is 9.59 Å². The highest BCUT2D eigenvalue weighted by Gasteiger charge is 2.20. The Labute approximate surface area is 155 Å². The molecule has 3 rings (SSSR count). The largest absolute Gasteiger partial charge is 0.444 e. The second-order valence-corrected chi connectivity index (χ2v) is 7.26. The molecule has 1 heterocycles. The highest BCUT2D eigenvalue weighted by molar-refractivity contribution is 9.10. The van der Waals surface area contributed by atoms with Gasteiger partial charge < -0.3 is 14.6 Å². The molecule has 1 fully saturated rings. The topological polar surface area (TPSA) is 62.6 Å². The van der Waals surface area contributed by atoms with Gasteiger partial charge in [-0.1, -0.05) is 18.9 Å². The number of carbonyl (C=O) groups excluding carboxylic acids is 2. The average molecular weight is 405 g/mol. The molecular weight excluding hydrogens is 384 g/mol. The number of halogens is 1. The Bertz CT molecular complexity index is 766. The van der Waals surface area contributed by atoms with Crippen molar-refractivity contribution in [3.05, 3.63) is 52.4 Å². The molecule has 2 amide bonds. The molecule has 25 heavy (non-hydrogen) atoms.